The fourth-order valence-corrected chi connectivity index (χ4v) is 5.21. The van der Waals surface area contributed by atoms with Gasteiger partial charge in [0, 0.05) is 11.4 Å². The van der Waals surface area contributed by atoms with Crippen LogP contribution in [0.3, 0.4) is 0 Å². The number of aryl methyl sites for hydroxylation is 1. The molecule has 0 saturated carbocycles. The van der Waals surface area contributed by atoms with Gasteiger partial charge in [-0.05, 0) is 47.0 Å². The summed E-state index contributed by atoms with van der Waals surface area (Å²) in [5.41, 5.74) is 1.31. The molecule has 31 heavy (non-hydrogen) atoms. The van der Waals surface area contributed by atoms with Gasteiger partial charge in [-0.25, -0.2) is 4.79 Å². The Hall–Kier alpha value is -2.37. The molecule has 0 fully saturated rings. The van der Waals surface area contributed by atoms with E-state index in [2.05, 4.69) is 38.0 Å². The number of amides is 1. The second-order valence-corrected chi connectivity index (χ2v) is 9.28. The molecule has 164 valence electrons. The zero-order chi connectivity index (χ0) is 22.5. The molecule has 8 nitrogen and oxygen atoms in total. The molecule has 3 heterocycles. The van der Waals surface area contributed by atoms with Crippen molar-refractivity contribution in [2.24, 2.45) is 0 Å². The highest BCUT2D eigenvalue weighted by Gasteiger charge is 2.23. The average molecular weight is 525 g/mol. The smallest absolute Gasteiger partial charge is 0.341 e. The maximum absolute atomic E-state index is 12.6. The molecule has 0 aliphatic rings. The third-order valence-electron chi connectivity index (χ3n) is 4.36. The van der Waals surface area contributed by atoms with Crippen LogP contribution < -0.4 is 5.32 Å². The Morgan fingerprint density at radius 2 is 2.19 bits per heavy atom. The molecule has 3 aromatic rings. The summed E-state index contributed by atoms with van der Waals surface area (Å²) in [5.74, 6) is 0.485. The topological polar surface area (TPSA) is 99.2 Å². The molecule has 0 aliphatic heterocycles. The van der Waals surface area contributed by atoms with Crippen LogP contribution in [-0.4, -0.2) is 39.5 Å². The van der Waals surface area contributed by atoms with Gasteiger partial charge in [-0.15, -0.1) is 28.1 Å². The van der Waals surface area contributed by atoms with E-state index in [1.807, 2.05) is 18.4 Å². The number of nitrogens with one attached hydrogen (secondary N) is 1. The zero-order valence-corrected chi connectivity index (χ0v) is 20.4. The van der Waals surface area contributed by atoms with E-state index < -0.39 is 5.97 Å². The molecule has 0 unspecified atom stereocenters. The van der Waals surface area contributed by atoms with Crippen LogP contribution in [0, 0.1) is 6.92 Å². The van der Waals surface area contributed by atoms with E-state index in [4.69, 9.17) is 9.15 Å². The van der Waals surface area contributed by atoms with Gasteiger partial charge in [0.2, 0.25) is 11.7 Å². The Bertz CT molecular complexity index is 1120. The van der Waals surface area contributed by atoms with Crippen LogP contribution in [0.2, 0.25) is 0 Å². The van der Waals surface area contributed by atoms with Crippen LogP contribution in [0.4, 0.5) is 5.00 Å². The average Bonchev–Trinajstić information content (AvgIpc) is 3.43. The number of esters is 1. The lowest BCUT2D eigenvalue weighted by Crippen LogP contribution is -2.16. The van der Waals surface area contributed by atoms with E-state index in [1.165, 1.54) is 30.2 Å². The van der Waals surface area contributed by atoms with Crippen LogP contribution in [0.15, 0.2) is 39.0 Å². The monoisotopic (exact) mass is 524 g/mol. The van der Waals surface area contributed by atoms with Crippen molar-refractivity contribution in [3.8, 4) is 11.6 Å². The number of thiophene rings is 1. The third-order valence-corrected chi connectivity index (χ3v) is 6.82. The van der Waals surface area contributed by atoms with E-state index in [9.17, 15) is 9.59 Å². The Morgan fingerprint density at radius 3 is 2.81 bits per heavy atom. The molecule has 0 aliphatic carbocycles. The van der Waals surface area contributed by atoms with Gasteiger partial charge in [-0.1, -0.05) is 24.8 Å². The highest BCUT2D eigenvalue weighted by Crippen LogP contribution is 2.34. The standard InChI is InChI=1S/C20H21BrN4O4S2/c1-5-9-25-17(13-7-8-14(21)29-13)23-24-20(25)30-10-15(26)22-18-16(19(27)28-4)12(6-2)11(3)31-18/h5,7-8H,1,6,9-10H2,2-4H3,(H,22,26). The van der Waals surface area contributed by atoms with Crippen molar-refractivity contribution in [2.45, 2.75) is 32.0 Å². The number of furan rings is 1. The Balaban J connectivity index is 1.76. The number of hydrogen-bond donors (Lipinski definition) is 1. The first-order chi connectivity index (χ1) is 14.9. The van der Waals surface area contributed by atoms with E-state index in [-0.39, 0.29) is 11.7 Å². The fraction of sp³-hybridized carbons (Fsp3) is 0.300. The number of ether oxygens (including phenoxy) is 1. The van der Waals surface area contributed by atoms with Crippen molar-refractivity contribution in [1.29, 1.82) is 0 Å². The number of methoxy groups -OCH3 is 1. The van der Waals surface area contributed by atoms with Crippen LogP contribution in [0.5, 0.6) is 0 Å². The molecule has 0 saturated heterocycles. The number of anilines is 1. The summed E-state index contributed by atoms with van der Waals surface area (Å²) < 4.78 is 12.9. The number of nitrogens with zero attached hydrogens (tertiary/aromatic N) is 3. The lowest BCUT2D eigenvalue weighted by Gasteiger charge is -2.08. The number of carbonyl (C=O) groups excluding carboxylic acids is 2. The summed E-state index contributed by atoms with van der Waals surface area (Å²) in [7, 11) is 1.33. The molecule has 0 spiro atoms. The van der Waals surface area contributed by atoms with Crippen LogP contribution in [0.1, 0.15) is 27.7 Å². The number of hydrogen-bond acceptors (Lipinski definition) is 8. The minimum Gasteiger partial charge on any atom is -0.465 e. The van der Waals surface area contributed by atoms with Gasteiger partial charge in [0.1, 0.15) is 5.00 Å². The molecule has 11 heteroatoms. The number of halogens is 1. The zero-order valence-electron chi connectivity index (χ0n) is 17.2. The third kappa shape index (κ3) is 5.10. The highest BCUT2D eigenvalue weighted by atomic mass is 79.9. The number of allylic oxidation sites excluding steroid dienone is 1. The Labute approximate surface area is 196 Å². The van der Waals surface area contributed by atoms with Crippen molar-refractivity contribution in [1.82, 2.24) is 14.8 Å². The van der Waals surface area contributed by atoms with Gasteiger partial charge < -0.3 is 14.5 Å². The molecule has 1 N–H and O–H groups in total. The van der Waals surface area contributed by atoms with Gasteiger partial charge in [-0.3, -0.25) is 9.36 Å². The van der Waals surface area contributed by atoms with Crippen LogP contribution in [0.25, 0.3) is 11.6 Å². The summed E-state index contributed by atoms with van der Waals surface area (Å²) in [6.07, 6.45) is 2.39. The molecule has 3 aromatic heterocycles. The first-order valence-electron chi connectivity index (χ1n) is 9.32. The molecule has 1 amide bonds. The summed E-state index contributed by atoms with van der Waals surface area (Å²) in [5, 5.41) is 12.3. The van der Waals surface area contributed by atoms with Crippen molar-refractivity contribution < 1.29 is 18.7 Å². The molecule has 0 bridgehead atoms. The maximum Gasteiger partial charge on any atom is 0.341 e. The van der Waals surface area contributed by atoms with Crippen molar-refractivity contribution in [3.05, 3.63) is 45.5 Å². The van der Waals surface area contributed by atoms with E-state index in [0.29, 0.717) is 44.9 Å². The summed E-state index contributed by atoms with van der Waals surface area (Å²) in [6, 6.07) is 3.56. The fourth-order valence-electron chi connectivity index (χ4n) is 3.01. The van der Waals surface area contributed by atoms with Gasteiger partial charge >= 0.3 is 5.97 Å². The number of aromatic nitrogens is 3. The number of carbonyl (C=O) groups is 2. The normalized spacial score (nSPS) is 10.8. The molecule has 0 radical (unpaired) electrons. The molecular formula is C20H21BrN4O4S2. The first kappa shape index (κ1) is 23.3. The van der Waals surface area contributed by atoms with Gasteiger partial charge in [-0.2, -0.15) is 0 Å². The van der Waals surface area contributed by atoms with Gasteiger partial charge in [0.25, 0.3) is 0 Å². The SMILES string of the molecule is C=CCn1c(SCC(=O)Nc2sc(C)c(CC)c2C(=O)OC)nnc1-c1ccc(Br)o1. The molecular weight excluding hydrogens is 504 g/mol. The van der Waals surface area contributed by atoms with Crippen LogP contribution >= 0.6 is 39.0 Å². The maximum atomic E-state index is 12.6. The highest BCUT2D eigenvalue weighted by molar-refractivity contribution is 9.10. The predicted octanol–water partition coefficient (Wildman–Crippen LogP) is 4.94. The molecule has 0 aromatic carbocycles. The first-order valence-corrected chi connectivity index (χ1v) is 11.9. The van der Waals surface area contributed by atoms with Crippen molar-refractivity contribution in [2.75, 3.05) is 18.2 Å². The lowest BCUT2D eigenvalue weighted by atomic mass is 10.1. The molecule has 0 atom stereocenters. The van der Waals surface area contributed by atoms with E-state index in [0.717, 1.165) is 10.4 Å². The summed E-state index contributed by atoms with van der Waals surface area (Å²) in [4.78, 5) is 25.8. The predicted molar refractivity (Wildman–Crippen MR) is 125 cm³/mol. The second kappa shape index (κ2) is 10.3. The van der Waals surface area contributed by atoms with E-state index in [1.54, 1.807) is 18.2 Å². The quantitative estimate of drug-likeness (QED) is 0.240. The largest absolute Gasteiger partial charge is 0.465 e. The van der Waals surface area contributed by atoms with E-state index >= 15 is 0 Å². The van der Waals surface area contributed by atoms with Gasteiger partial charge in [0.05, 0.1) is 18.4 Å². The Kier molecular flexibility index (Phi) is 7.74. The Morgan fingerprint density at radius 1 is 1.42 bits per heavy atom. The second-order valence-electron chi connectivity index (χ2n) is 6.33. The number of thioether (sulfide) groups is 1. The van der Waals surface area contributed by atoms with Crippen molar-refractivity contribution in [3.63, 3.8) is 0 Å². The van der Waals surface area contributed by atoms with Gasteiger partial charge in [0.15, 0.2) is 15.6 Å². The summed E-state index contributed by atoms with van der Waals surface area (Å²) >= 11 is 5.89. The molecule has 3 rings (SSSR count). The minimum absolute atomic E-state index is 0.0934. The van der Waals surface area contributed by atoms with Crippen molar-refractivity contribution >= 4 is 55.9 Å². The number of rotatable bonds is 9. The van der Waals surface area contributed by atoms with Crippen LogP contribution in [-0.2, 0) is 22.5 Å². The summed E-state index contributed by atoms with van der Waals surface area (Å²) in [6.45, 7) is 8.12. The minimum atomic E-state index is -0.455. The lowest BCUT2D eigenvalue weighted by molar-refractivity contribution is -0.113.